The second-order valence-corrected chi connectivity index (χ2v) is 9.05. The summed E-state index contributed by atoms with van der Waals surface area (Å²) in [5.41, 5.74) is 2.61. The van der Waals surface area contributed by atoms with Gasteiger partial charge in [-0.3, -0.25) is 24.7 Å². The van der Waals surface area contributed by atoms with Gasteiger partial charge in [-0.15, -0.1) is 10.2 Å². The minimum Gasteiger partial charge on any atom is -0.298 e. The monoisotopic (exact) mass is 512 g/mol. The average molecular weight is 513 g/mol. The van der Waals surface area contributed by atoms with Crippen LogP contribution in [0.25, 0.3) is 16.9 Å². The molecular formula is C27H21FN6O2S. The van der Waals surface area contributed by atoms with Crippen LogP contribution in [0.3, 0.4) is 0 Å². The van der Waals surface area contributed by atoms with Crippen molar-refractivity contribution in [3.05, 3.63) is 122 Å². The molecule has 10 heteroatoms. The van der Waals surface area contributed by atoms with Crippen LogP contribution in [0.4, 0.5) is 10.1 Å². The standard InChI is InChI=1S/C27H21FN6O2S/c1-17-21(26(36)34(33-17)19-10-3-2-4-11-19)15-29-23-14-8-6-12-20(23)24-25(35)30-27(32-31-24)37-16-18-9-5-7-13-22(18)28/h2-15,33H,16H2,1H3,(H,30,32,35). The van der Waals surface area contributed by atoms with Crippen molar-refractivity contribution < 1.29 is 4.39 Å². The molecule has 0 unspecified atom stereocenters. The number of aliphatic imine (C=N–C) groups is 1. The number of H-pyrrole nitrogens is 2. The van der Waals surface area contributed by atoms with Crippen molar-refractivity contribution in [2.45, 2.75) is 17.8 Å². The van der Waals surface area contributed by atoms with E-state index in [1.807, 2.05) is 30.3 Å². The fourth-order valence-corrected chi connectivity index (χ4v) is 4.51. The SMILES string of the molecule is Cc1[nH]n(-c2ccccc2)c(=O)c1C=Nc1ccccc1-c1nnc(SCc2ccccc2F)[nH]c1=O. The smallest absolute Gasteiger partial charge is 0.280 e. The molecule has 8 nitrogen and oxygen atoms in total. The molecule has 0 saturated carbocycles. The van der Waals surface area contributed by atoms with E-state index in [1.165, 1.54) is 28.7 Å². The summed E-state index contributed by atoms with van der Waals surface area (Å²) in [6, 6.07) is 22.7. The lowest BCUT2D eigenvalue weighted by atomic mass is 10.1. The highest BCUT2D eigenvalue weighted by Crippen LogP contribution is 2.27. The van der Waals surface area contributed by atoms with Crippen LogP contribution in [-0.2, 0) is 5.75 Å². The second kappa shape index (κ2) is 10.6. The van der Waals surface area contributed by atoms with Gasteiger partial charge in [0.15, 0.2) is 10.9 Å². The summed E-state index contributed by atoms with van der Waals surface area (Å²) in [6.07, 6.45) is 1.48. The number of nitrogens with one attached hydrogen (secondary N) is 2. The zero-order valence-corrected chi connectivity index (χ0v) is 20.5. The predicted octanol–water partition coefficient (Wildman–Crippen LogP) is 4.80. The number of benzene rings is 3. The first-order chi connectivity index (χ1) is 18.0. The third-order valence-corrected chi connectivity index (χ3v) is 6.53. The maximum absolute atomic E-state index is 13.9. The summed E-state index contributed by atoms with van der Waals surface area (Å²) in [6.45, 7) is 1.79. The third-order valence-electron chi connectivity index (χ3n) is 5.62. The van der Waals surface area contributed by atoms with Gasteiger partial charge in [0.2, 0.25) is 0 Å². The van der Waals surface area contributed by atoms with E-state index in [4.69, 9.17) is 0 Å². The van der Waals surface area contributed by atoms with E-state index in [9.17, 15) is 14.0 Å². The molecule has 2 heterocycles. The van der Waals surface area contributed by atoms with Gasteiger partial charge in [-0.1, -0.05) is 66.4 Å². The van der Waals surface area contributed by atoms with Crippen LogP contribution in [0.1, 0.15) is 16.8 Å². The Kier molecular flexibility index (Phi) is 6.91. The van der Waals surface area contributed by atoms with Crippen LogP contribution in [0.5, 0.6) is 0 Å². The minimum atomic E-state index is -0.446. The Labute approximate surface area is 214 Å². The lowest BCUT2D eigenvalue weighted by Gasteiger charge is -2.05. The molecule has 37 heavy (non-hydrogen) atoms. The van der Waals surface area contributed by atoms with E-state index >= 15 is 0 Å². The predicted molar refractivity (Wildman–Crippen MR) is 142 cm³/mol. The number of hydrogen-bond donors (Lipinski definition) is 2. The van der Waals surface area contributed by atoms with Crippen molar-refractivity contribution in [2.24, 2.45) is 4.99 Å². The van der Waals surface area contributed by atoms with Crippen molar-refractivity contribution in [1.82, 2.24) is 25.0 Å². The zero-order chi connectivity index (χ0) is 25.8. The number of hydrogen-bond acceptors (Lipinski definition) is 6. The number of nitrogens with zero attached hydrogens (tertiary/aromatic N) is 4. The highest BCUT2D eigenvalue weighted by molar-refractivity contribution is 7.98. The van der Waals surface area contributed by atoms with Crippen molar-refractivity contribution in [3.63, 3.8) is 0 Å². The number of halogens is 1. The largest absolute Gasteiger partial charge is 0.298 e. The first-order valence-electron chi connectivity index (χ1n) is 11.3. The highest BCUT2D eigenvalue weighted by atomic mass is 32.2. The molecular weight excluding hydrogens is 491 g/mol. The van der Waals surface area contributed by atoms with Crippen LogP contribution < -0.4 is 11.1 Å². The van der Waals surface area contributed by atoms with E-state index in [0.29, 0.717) is 39.5 Å². The van der Waals surface area contributed by atoms with Crippen LogP contribution in [0.2, 0.25) is 0 Å². The van der Waals surface area contributed by atoms with Gasteiger partial charge in [-0.05, 0) is 36.8 Å². The molecule has 0 aliphatic carbocycles. The van der Waals surface area contributed by atoms with Crippen molar-refractivity contribution in [3.8, 4) is 16.9 Å². The van der Waals surface area contributed by atoms with Crippen molar-refractivity contribution >= 4 is 23.7 Å². The number of rotatable bonds is 7. The Morgan fingerprint density at radius 1 is 0.973 bits per heavy atom. The fraction of sp³-hybridized carbons (Fsp3) is 0.0741. The number of thioether (sulfide) groups is 1. The van der Waals surface area contributed by atoms with Gasteiger partial charge in [0.1, 0.15) is 5.82 Å². The molecule has 0 fully saturated rings. The Bertz CT molecular complexity index is 1710. The van der Waals surface area contributed by atoms with E-state index in [1.54, 1.807) is 49.4 Å². The number of para-hydroxylation sites is 2. The molecule has 3 aromatic carbocycles. The molecule has 5 rings (SSSR count). The molecule has 0 spiro atoms. The summed E-state index contributed by atoms with van der Waals surface area (Å²) >= 11 is 1.18. The van der Waals surface area contributed by atoms with Gasteiger partial charge in [-0.2, -0.15) is 0 Å². The molecule has 0 aliphatic rings. The van der Waals surface area contributed by atoms with Crippen molar-refractivity contribution in [2.75, 3.05) is 0 Å². The molecule has 0 bridgehead atoms. The van der Waals surface area contributed by atoms with Gasteiger partial charge in [0.05, 0.1) is 16.9 Å². The first kappa shape index (κ1) is 24.1. The Balaban J connectivity index is 1.41. The number of aryl methyl sites for hydroxylation is 1. The quantitative estimate of drug-likeness (QED) is 0.241. The summed E-state index contributed by atoms with van der Waals surface area (Å²) in [5.74, 6) is -0.0180. The molecule has 0 atom stereocenters. The summed E-state index contributed by atoms with van der Waals surface area (Å²) in [7, 11) is 0. The minimum absolute atomic E-state index is 0.0930. The Hall–Kier alpha value is -4.57. The lowest BCUT2D eigenvalue weighted by Crippen LogP contribution is -2.17. The Morgan fingerprint density at radius 2 is 1.70 bits per heavy atom. The maximum atomic E-state index is 13.9. The molecule has 0 saturated heterocycles. The molecule has 0 amide bonds. The van der Waals surface area contributed by atoms with E-state index < -0.39 is 5.56 Å². The first-order valence-corrected chi connectivity index (χ1v) is 12.3. The fourth-order valence-electron chi connectivity index (χ4n) is 3.72. The van der Waals surface area contributed by atoms with Gasteiger partial charge in [0.25, 0.3) is 11.1 Å². The van der Waals surface area contributed by atoms with Crippen LogP contribution in [0.15, 0.2) is 98.6 Å². The van der Waals surface area contributed by atoms with E-state index in [-0.39, 0.29) is 22.2 Å². The Morgan fingerprint density at radius 3 is 2.49 bits per heavy atom. The normalized spacial score (nSPS) is 11.3. The van der Waals surface area contributed by atoms with Gasteiger partial charge < -0.3 is 0 Å². The number of aromatic amines is 2. The van der Waals surface area contributed by atoms with Crippen LogP contribution in [-0.4, -0.2) is 31.2 Å². The number of aromatic nitrogens is 5. The van der Waals surface area contributed by atoms with Gasteiger partial charge in [0, 0.05) is 23.2 Å². The van der Waals surface area contributed by atoms with Crippen molar-refractivity contribution in [1.29, 1.82) is 0 Å². The molecule has 0 radical (unpaired) electrons. The topological polar surface area (TPSA) is 109 Å². The molecule has 2 aromatic heterocycles. The summed E-state index contributed by atoms with van der Waals surface area (Å²) < 4.78 is 15.3. The summed E-state index contributed by atoms with van der Waals surface area (Å²) in [4.78, 5) is 33.0. The van der Waals surface area contributed by atoms with Crippen LogP contribution >= 0.6 is 11.8 Å². The van der Waals surface area contributed by atoms with E-state index in [0.717, 1.165) is 0 Å². The van der Waals surface area contributed by atoms with Crippen LogP contribution in [0, 0.1) is 12.7 Å². The van der Waals surface area contributed by atoms with E-state index in [2.05, 4.69) is 25.3 Å². The highest BCUT2D eigenvalue weighted by Gasteiger charge is 2.14. The van der Waals surface area contributed by atoms with Gasteiger partial charge >= 0.3 is 0 Å². The molecule has 5 aromatic rings. The third kappa shape index (κ3) is 5.19. The summed E-state index contributed by atoms with van der Waals surface area (Å²) in [5, 5.41) is 11.6. The molecule has 2 N–H and O–H groups in total. The zero-order valence-electron chi connectivity index (χ0n) is 19.7. The second-order valence-electron chi connectivity index (χ2n) is 8.09. The average Bonchev–Trinajstić information content (AvgIpc) is 3.20. The lowest BCUT2D eigenvalue weighted by molar-refractivity contribution is 0.617. The molecule has 184 valence electrons. The maximum Gasteiger partial charge on any atom is 0.280 e. The molecule has 0 aliphatic heterocycles. The van der Waals surface area contributed by atoms with Gasteiger partial charge in [-0.25, -0.2) is 9.07 Å².